The van der Waals surface area contributed by atoms with Crippen LogP contribution in [0.3, 0.4) is 0 Å². The number of thiazole rings is 1. The number of piperidine rings is 1. The molecule has 2 aliphatic rings. The first kappa shape index (κ1) is 14.3. The minimum Gasteiger partial charge on any atom is -0.362 e. The molecule has 0 radical (unpaired) electrons. The third-order valence-corrected chi connectivity index (χ3v) is 5.74. The van der Waals surface area contributed by atoms with Crippen LogP contribution in [-0.2, 0) is 6.54 Å². The van der Waals surface area contributed by atoms with Gasteiger partial charge in [-0.3, -0.25) is 4.90 Å². The molecule has 2 unspecified atom stereocenters. The van der Waals surface area contributed by atoms with Crippen molar-refractivity contribution in [1.29, 1.82) is 0 Å². The van der Waals surface area contributed by atoms with Crippen LogP contribution in [0, 0.1) is 5.92 Å². The minimum absolute atomic E-state index is 0.853. The summed E-state index contributed by atoms with van der Waals surface area (Å²) in [4.78, 5) is 8.67. The lowest BCUT2D eigenvalue weighted by Crippen LogP contribution is -2.46. The van der Waals surface area contributed by atoms with Gasteiger partial charge in [0.15, 0.2) is 5.13 Å². The summed E-state index contributed by atoms with van der Waals surface area (Å²) >= 11 is 1.84. The Bertz CT molecular complexity index is 416. The van der Waals surface area contributed by atoms with E-state index in [2.05, 4.69) is 28.3 Å². The highest BCUT2D eigenvalue weighted by Crippen LogP contribution is 2.36. The van der Waals surface area contributed by atoms with E-state index in [1.54, 1.807) is 0 Å². The molecule has 2 fully saturated rings. The molecule has 1 saturated heterocycles. The summed E-state index contributed by atoms with van der Waals surface area (Å²) in [5.74, 6) is 0.975. The smallest absolute Gasteiger partial charge is 0.182 e. The standard InChI is InChI=1S/C16H27N3S/c1-2-9-17-16-18-11-14(20-16)12-19-10-5-7-13-6-3-4-8-15(13)19/h11,13,15H,2-10,12H2,1H3,(H,17,18). The highest BCUT2D eigenvalue weighted by molar-refractivity contribution is 7.15. The van der Waals surface area contributed by atoms with Crippen LogP contribution in [0.5, 0.6) is 0 Å². The number of fused-ring (bicyclic) bond motifs is 1. The van der Waals surface area contributed by atoms with Gasteiger partial charge in [0.2, 0.25) is 0 Å². The van der Waals surface area contributed by atoms with Crippen molar-refractivity contribution in [2.75, 3.05) is 18.4 Å². The Morgan fingerprint density at radius 1 is 1.30 bits per heavy atom. The summed E-state index contributed by atoms with van der Waals surface area (Å²) in [6.45, 7) is 5.63. The molecular weight excluding hydrogens is 266 g/mol. The largest absolute Gasteiger partial charge is 0.362 e. The molecule has 1 aromatic rings. The molecule has 1 saturated carbocycles. The molecule has 1 aliphatic heterocycles. The van der Waals surface area contributed by atoms with Gasteiger partial charge in [-0.2, -0.15) is 0 Å². The minimum atomic E-state index is 0.853. The summed E-state index contributed by atoms with van der Waals surface area (Å²) in [5.41, 5.74) is 0. The van der Waals surface area contributed by atoms with Crippen LogP contribution in [0.1, 0.15) is 56.7 Å². The Morgan fingerprint density at radius 3 is 3.05 bits per heavy atom. The number of rotatable bonds is 5. The summed E-state index contributed by atoms with van der Waals surface area (Å²) in [7, 11) is 0. The molecule has 1 N–H and O–H groups in total. The van der Waals surface area contributed by atoms with Crippen molar-refractivity contribution in [3.05, 3.63) is 11.1 Å². The first-order chi connectivity index (χ1) is 9.86. The van der Waals surface area contributed by atoms with Gasteiger partial charge in [0, 0.05) is 30.2 Å². The van der Waals surface area contributed by atoms with Gasteiger partial charge in [0.05, 0.1) is 0 Å². The Kier molecular flexibility index (Phi) is 4.94. The predicted octanol–water partition coefficient (Wildman–Crippen LogP) is 4.12. The number of hydrogen-bond acceptors (Lipinski definition) is 4. The first-order valence-electron chi connectivity index (χ1n) is 8.29. The quantitative estimate of drug-likeness (QED) is 0.885. The van der Waals surface area contributed by atoms with E-state index in [9.17, 15) is 0 Å². The van der Waals surface area contributed by atoms with Crippen LogP contribution in [0.4, 0.5) is 5.13 Å². The molecule has 2 atom stereocenters. The molecule has 3 rings (SSSR count). The molecule has 4 heteroatoms. The van der Waals surface area contributed by atoms with E-state index < -0.39 is 0 Å². The van der Waals surface area contributed by atoms with E-state index in [4.69, 9.17) is 0 Å². The Balaban J connectivity index is 1.59. The third kappa shape index (κ3) is 3.34. The zero-order valence-corrected chi connectivity index (χ0v) is 13.4. The molecule has 1 aromatic heterocycles. The van der Waals surface area contributed by atoms with Crippen LogP contribution >= 0.6 is 11.3 Å². The SMILES string of the molecule is CCCNc1ncc(CN2CCCC3CCCCC32)s1. The average Bonchev–Trinajstić information content (AvgIpc) is 2.93. The van der Waals surface area contributed by atoms with Crippen molar-refractivity contribution in [1.82, 2.24) is 9.88 Å². The van der Waals surface area contributed by atoms with Crippen molar-refractivity contribution in [2.45, 2.75) is 64.5 Å². The van der Waals surface area contributed by atoms with Gasteiger partial charge in [0.25, 0.3) is 0 Å². The van der Waals surface area contributed by atoms with Gasteiger partial charge in [-0.15, -0.1) is 11.3 Å². The number of hydrogen-bond donors (Lipinski definition) is 1. The van der Waals surface area contributed by atoms with Crippen molar-refractivity contribution in [3.63, 3.8) is 0 Å². The van der Waals surface area contributed by atoms with Gasteiger partial charge < -0.3 is 5.32 Å². The lowest BCUT2D eigenvalue weighted by Gasteiger charge is -2.44. The number of nitrogens with one attached hydrogen (secondary N) is 1. The van der Waals surface area contributed by atoms with Crippen LogP contribution in [0.2, 0.25) is 0 Å². The van der Waals surface area contributed by atoms with E-state index in [1.807, 2.05) is 11.3 Å². The summed E-state index contributed by atoms with van der Waals surface area (Å²) < 4.78 is 0. The maximum atomic E-state index is 4.50. The van der Waals surface area contributed by atoms with E-state index in [-0.39, 0.29) is 0 Å². The molecule has 0 aromatic carbocycles. The fourth-order valence-corrected chi connectivity index (χ4v) is 4.68. The fraction of sp³-hybridized carbons (Fsp3) is 0.812. The molecule has 2 heterocycles. The lowest BCUT2D eigenvalue weighted by molar-refractivity contribution is 0.0554. The maximum absolute atomic E-state index is 4.50. The second-order valence-corrected chi connectivity index (χ2v) is 7.40. The topological polar surface area (TPSA) is 28.2 Å². The number of aromatic nitrogens is 1. The molecule has 1 aliphatic carbocycles. The van der Waals surface area contributed by atoms with Crippen LogP contribution in [0.15, 0.2) is 6.20 Å². The second kappa shape index (κ2) is 6.90. The normalized spacial score (nSPS) is 27.2. The molecule has 112 valence electrons. The number of likely N-dealkylation sites (tertiary alicyclic amines) is 1. The van der Waals surface area contributed by atoms with E-state index in [1.165, 1.54) is 49.9 Å². The van der Waals surface area contributed by atoms with E-state index >= 15 is 0 Å². The highest BCUT2D eigenvalue weighted by atomic mass is 32.1. The van der Waals surface area contributed by atoms with Crippen molar-refractivity contribution in [2.24, 2.45) is 5.92 Å². The van der Waals surface area contributed by atoms with E-state index in [0.717, 1.165) is 36.6 Å². The Hall–Kier alpha value is -0.610. The zero-order chi connectivity index (χ0) is 13.8. The average molecular weight is 293 g/mol. The molecule has 3 nitrogen and oxygen atoms in total. The Labute approximate surface area is 126 Å². The molecule has 0 amide bonds. The van der Waals surface area contributed by atoms with Gasteiger partial charge in [-0.05, 0) is 44.6 Å². The first-order valence-corrected chi connectivity index (χ1v) is 9.11. The summed E-state index contributed by atoms with van der Waals surface area (Å²) in [6, 6.07) is 0.853. The van der Waals surface area contributed by atoms with Crippen molar-refractivity contribution >= 4 is 16.5 Å². The van der Waals surface area contributed by atoms with Crippen LogP contribution in [0.25, 0.3) is 0 Å². The van der Waals surface area contributed by atoms with Gasteiger partial charge in [-0.25, -0.2) is 4.98 Å². The van der Waals surface area contributed by atoms with Crippen LogP contribution < -0.4 is 5.32 Å². The molecule has 20 heavy (non-hydrogen) atoms. The highest BCUT2D eigenvalue weighted by Gasteiger charge is 2.33. The number of nitrogens with zero attached hydrogens (tertiary/aromatic N) is 2. The van der Waals surface area contributed by atoms with E-state index in [0.29, 0.717) is 0 Å². The Morgan fingerprint density at radius 2 is 2.15 bits per heavy atom. The van der Waals surface area contributed by atoms with Crippen molar-refractivity contribution < 1.29 is 0 Å². The third-order valence-electron chi connectivity index (χ3n) is 4.80. The predicted molar refractivity (Wildman–Crippen MR) is 86.3 cm³/mol. The summed E-state index contributed by atoms with van der Waals surface area (Å²) in [6.07, 6.45) is 11.9. The van der Waals surface area contributed by atoms with Crippen molar-refractivity contribution in [3.8, 4) is 0 Å². The lowest BCUT2D eigenvalue weighted by atomic mass is 9.78. The maximum Gasteiger partial charge on any atom is 0.182 e. The second-order valence-electron chi connectivity index (χ2n) is 6.28. The summed E-state index contributed by atoms with van der Waals surface area (Å²) in [5, 5.41) is 4.49. The number of anilines is 1. The van der Waals surface area contributed by atoms with Gasteiger partial charge in [0.1, 0.15) is 0 Å². The monoisotopic (exact) mass is 293 g/mol. The molecular formula is C16H27N3S. The molecule has 0 spiro atoms. The van der Waals surface area contributed by atoms with Gasteiger partial charge >= 0.3 is 0 Å². The fourth-order valence-electron chi connectivity index (χ4n) is 3.82. The van der Waals surface area contributed by atoms with Crippen LogP contribution in [-0.4, -0.2) is 29.0 Å². The zero-order valence-electron chi connectivity index (χ0n) is 12.6. The molecule has 0 bridgehead atoms. The van der Waals surface area contributed by atoms with Gasteiger partial charge in [-0.1, -0.05) is 19.8 Å².